The molecule has 4 aliphatic rings. The van der Waals surface area contributed by atoms with Crippen LogP contribution < -0.4 is 4.90 Å². The first kappa shape index (κ1) is 61.3. The molecular formula is C54H86FN9O14. The second-order valence-electron chi connectivity index (χ2n) is 23.1. The molecule has 0 radical (unpaired) electrons. The third-order valence-electron chi connectivity index (χ3n) is 17.0. The third kappa shape index (κ3) is 13.4. The van der Waals surface area contributed by atoms with Crippen LogP contribution in [0.2, 0.25) is 0 Å². The van der Waals surface area contributed by atoms with Crippen LogP contribution in [0.25, 0.3) is 5.69 Å². The van der Waals surface area contributed by atoms with E-state index in [1.165, 1.54) is 48.1 Å². The van der Waals surface area contributed by atoms with E-state index in [0.717, 1.165) is 0 Å². The van der Waals surface area contributed by atoms with Crippen LogP contribution >= 0.6 is 0 Å². The van der Waals surface area contributed by atoms with Gasteiger partial charge in [0, 0.05) is 64.3 Å². The van der Waals surface area contributed by atoms with Gasteiger partial charge in [-0.05, 0) is 106 Å². The van der Waals surface area contributed by atoms with Crippen LogP contribution in [0.4, 0.5) is 14.9 Å². The molecule has 0 unspecified atom stereocenters. The first-order chi connectivity index (χ1) is 36.7. The normalized spacial score (nSPS) is 38.9. The van der Waals surface area contributed by atoms with Gasteiger partial charge >= 0.3 is 12.1 Å². The van der Waals surface area contributed by atoms with E-state index < -0.39 is 120 Å². The lowest BCUT2D eigenvalue weighted by Crippen LogP contribution is -2.61. The summed E-state index contributed by atoms with van der Waals surface area (Å²) in [5.74, 6) is -3.11. The van der Waals surface area contributed by atoms with Crippen molar-refractivity contribution in [3.63, 3.8) is 0 Å². The van der Waals surface area contributed by atoms with E-state index in [0.29, 0.717) is 43.7 Å². The number of carbonyl (C=O) groups is 2. The van der Waals surface area contributed by atoms with Gasteiger partial charge in [-0.3, -0.25) is 9.69 Å². The topological polar surface area (TPSA) is 260 Å². The van der Waals surface area contributed by atoms with E-state index in [-0.39, 0.29) is 43.6 Å². The van der Waals surface area contributed by atoms with Gasteiger partial charge in [0.25, 0.3) is 0 Å². The number of likely N-dealkylation sites (N-methyl/N-ethyl adjacent to an activating group) is 2. The van der Waals surface area contributed by atoms with Gasteiger partial charge in [0.15, 0.2) is 18.4 Å². The fourth-order valence-electron chi connectivity index (χ4n) is 12.1. The minimum absolute atomic E-state index is 0.0944. The number of carbonyl (C=O) groups excluding carboxylic acids is 2. The Hall–Kier alpha value is -4.31. The Morgan fingerprint density at radius 1 is 0.923 bits per heavy atom. The number of esters is 1. The number of methoxy groups -OCH3 is 2. The summed E-state index contributed by atoms with van der Waals surface area (Å²) in [5.41, 5.74) is -2.82. The fourth-order valence-corrected chi connectivity index (χ4v) is 12.1. The summed E-state index contributed by atoms with van der Waals surface area (Å²) in [5, 5.41) is 63.5. The number of cyclic esters (lactones) is 2. The summed E-state index contributed by atoms with van der Waals surface area (Å²) in [6.07, 6.45) is -4.55. The molecule has 6 heterocycles. The summed E-state index contributed by atoms with van der Waals surface area (Å²) in [6.45, 7) is 19.4. The van der Waals surface area contributed by atoms with E-state index in [1.54, 1.807) is 51.7 Å². The SMILES string of the molecule is CC[C@H]1OC(=O)[C@H](C)[C@@H](O[C@H]2C[C@@](C)(OC)[C@@H](O)[C@H](C)O2)[C@H](C)[C@@H](O[C@@H]2O[C@H](C)C[C@H](N(C)CCc3cn(C[C@H]4CN(c5ccc(-n6ccnn6)c(F)c5)C(=O)O4)nn3)[C@H]2O)[C@](C)(OC)C[C@@H](C)CN(C)[C@H](C)[C@@H](O)[C@]1(C)O. The highest BCUT2D eigenvalue weighted by atomic mass is 19.1. The van der Waals surface area contributed by atoms with Gasteiger partial charge in [0.2, 0.25) is 0 Å². The fraction of sp³-hybridized carbons (Fsp3) is 0.778. The number of nitrogens with zero attached hydrogens (tertiary/aromatic N) is 9. The zero-order valence-electron chi connectivity index (χ0n) is 47.8. The lowest BCUT2D eigenvalue weighted by Gasteiger charge is -2.49. The molecule has 1 amide bonds. The maximum atomic E-state index is 15.1. The Morgan fingerprint density at radius 2 is 1.64 bits per heavy atom. The van der Waals surface area contributed by atoms with Crippen molar-refractivity contribution in [1.29, 1.82) is 0 Å². The number of halogens is 1. The van der Waals surface area contributed by atoms with Crippen molar-refractivity contribution in [3.8, 4) is 5.69 Å². The van der Waals surface area contributed by atoms with Crippen LogP contribution in [-0.2, 0) is 55.7 Å². The van der Waals surface area contributed by atoms with Crippen LogP contribution in [-0.4, -0.2) is 217 Å². The van der Waals surface area contributed by atoms with E-state index in [4.69, 9.17) is 37.9 Å². The average Bonchev–Trinajstić information content (AvgIpc) is 4.29. The largest absolute Gasteiger partial charge is 0.459 e. The molecule has 2 aromatic heterocycles. The second-order valence-corrected chi connectivity index (χ2v) is 23.1. The molecule has 4 saturated heterocycles. The molecule has 1 aromatic carbocycles. The highest BCUT2D eigenvalue weighted by molar-refractivity contribution is 5.89. The summed E-state index contributed by atoms with van der Waals surface area (Å²) in [6, 6.07) is 3.39. The van der Waals surface area contributed by atoms with Crippen molar-refractivity contribution in [2.75, 3.05) is 52.8 Å². The molecular weight excluding hydrogens is 1020 g/mol. The predicted octanol–water partition coefficient (Wildman–Crippen LogP) is 3.50. The number of benzene rings is 1. The highest BCUT2D eigenvalue weighted by Crippen LogP contribution is 2.41. The van der Waals surface area contributed by atoms with Gasteiger partial charge in [-0.25, -0.2) is 18.5 Å². The summed E-state index contributed by atoms with van der Waals surface area (Å²) in [4.78, 5) is 32.9. The molecule has 3 aromatic rings. The minimum atomic E-state index is -1.83. The van der Waals surface area contributed by atoms with Crippen molar-refractivity contribution >= 4 is 17.7 Å². The van der Waals surface area contributed by atoms with Crippen LogP contribution in [0.15, 0.2) is 36.8 Å². The maximum Gasteiger partial charge on any atom is 0.414 e. The van der Waals surface area contributed by atoms with Crippen molar-refractivity contribution in [2.45, 2.75) is 204 Å². The number of anilines is 1. The Balaban J connectivity index is 1.10. The number of aliphatic hydroxyl groups excluding tert-OH is 3. The Kier molecular flexibility index (Phi) is 19.8. The van der Waals surface area contributed by atoms with Gasteiger partial charge in [-0.15, -0.1) is 10.2 Å². The molecule has 438 valence electrons. The lowest BCUT2D eigenvalue weighted by molar-refractivity contribution is -0.319. The quantitative estimate of drug-likeness (QED) is 0.159. The zero-order chi connectivity index (χ0) is 57.2. The molecule has 0 bridgehead atoms. The Morgan fingerprint density at radius 3 is 2.29 bits per heavy atom. The monoisotopic (exact) mass is 1100 g/mol. The van der Waals surface area contributed by atoms with Crippen LogP contribution in [0.3, 0.4) is 0 Å². The van der Waals surface area contributed by atoms with E-state index in [9.17, 15) is 30.0 Å². The van der Waals surface area contributed by atoms with E-state index in [2.05, 4.69) is 27.5 Å². The molecule has 23 nitrogen and oxygen atoms in total. The van der Waals surface area contributed by atoms with Gasteiger partial charge in [-0.1, -0.05) is 31.2 Å². The summed E-state index contributed by atoms with van der Waals surface area (Å²) < 4.78 is 69.0. The first-order valence-corrected chi connectivity index (χ1v) is 27.4. The number of hydrogen-bond donors (Lipinski definition) is 4. The molecule has 4 aliphatic heterocycles. The second kappa shape index (κ2) is 25.2. The van der Waals surface area contributed by atoms with Gasteiger partial charge in [0.1, 0.15) is 41.8 Å². The van der Waals surface area contributed by atoms with Gasteiger partial charge in [-0.2, -0.15) is 0 Å². The predicted molar refractivity (Wildman–Crippen MR) is 281 cm³/mol. The molecule has 4 N–H and O–H groups in total. The van der Waals surface area contributed by atoms with Crippen LogP contribution in [0.1, 0.15) is 101 Å². The molecule has 78 heavy (non-hydrogen) atoms. The molecule has 0 aliphatic carbocycles. The smallest absolute Gasteiger partial charge is 0.414 e. The highest BCUT2D eigenvalue weighted by Gasteiger charge is 2.53. The maximum absolute atomic E-state index is 15.1. The molecule has 19 atom stereocenters. The number of aromatic nitrogens is 6. The Labute approximate surface area is 457 Å². The van der Waals surface area contributed by atoms with Crippen molar-refractivity contribution < 1.29 is 72.3 Å². The molecule has 0 saturated carbocycles. The van der Waals surface area contributed by atoms with Crippen LogP contribution in [0.5, 0.6) is 0 Å². The van der Waals surface area contributed by atoms with E-state index >= 15 is 4.39 Å². The molecule has 24 heteroatoms. The van der Waals surface area contributed by atoms with Crippen LogP contribution in [0, 0.1) is 23.6 Å². The number of amides is 1. The van der Waals surface area contributed by atoms with Gasteiger partial charge < -0.3 is 68.1 Å². The van der Waals surface area contributed by atoms with E-state index in [1.807, 2.05) is 51.6 Å². The zero-order valence-corrected chi connectivity index (χ0v) is 47.8. The molecule has 0 spiro atoms. The van der Waals surface area contributed by atoms with Crippen molar-refractivity contribution in [3.05, 3.63) is 48.3 Å². The Bertz CT molecular complexity index is 2440. The summed E-state index contributed by atoms with van der Waals surface area (Å²) in [7, 11) is 6.90. The van der Waals surface area contributed by atoms with Gasteiger partial charge in [0.05, 0.1) is 78.4 Å². The lowest BCUT2D eigenvalue weighted by atomic mass is 9.77. The molecule has 4 fully saturated rings. The standard InChI is InChI=1S/C54H86FN9O14/c1-15-42-54(10,70)46(66)34(6)61(12)26-30(2)24-53(9,72-14)48(32(4)45(33(5)49(68)76-42)77-43-25-52(8,71-13)47(67)35(7)74-43)78-50-44(65)41(22-31(3)73-50)60(11)20-18-36-27-62(59-57-36)28-38-29-63(51(69)75-38)37-16-17-40(39(55)23-37)64-21-19-56-58-64/h16-17,19,21,23,27,30-35,38,41-48,50,65-67,70H,15,18,20,22,24-26,28-29H2,1-14H3/t30-,31-,32+,33-,34-,35+,38+,41+,42-,43+,44-,45+,46-,47+,48-,50+,52-,53-,54-/m1/s1. The molecule has 7 rings (SSSR count). The third-order valence-corrected chi connectivity index (χ3v) is 17.0. The van der Waals surface area contributed by atoms with Crippen molar-refractivity contribution in [2.24, 2.45) is 17.8 Å². The number of hydrogen-bond acceptors (Lipinski definition) is 20. The van der Waals surface area contributed by atoms with Crippen molar-refractivity contribution in [1.82, 2.24) is 39.8 Å². The number of rotatable bonds is 15. The number of ether oxygens (including phenoxy) is 8. The minimum Gasteiger partial charge on any atom is -0.459 e. The number of aliphatic hydroxyl groups is 4. The summed E-state index contributed by atoms with van der Waals surface area (Å²) >= 11 is 0. The average molecular weight is 1100 g/mol. The first-order valence-electron chi connectivity index (χ1n) is 27.4.